The summed E-state index contributed by atoms with van der Waals surface area (Å²) in [5, 5.41) is 19.1. The zero-order valence-electron chi connectivity index (χ0n) is 7.55. The lowest BCUT2D eigenvalue weighted by Gasteiger charge is -2.06. The maximum atomic E-state index is 12.5. The maximum absolute atomic E-state index is 12.5. The third-order valence-corrected chi connectivity index (χ3v) is 1.75. The molecule has 0 unspecified atom stereocenters. The smallest absolute Gasteiger partial charge is 0.344 e. The van der Waals surface area contributed by atoms with Gasteiger partial charge in [0.2, 0.25) is 0 Å². The third kappa shape index (κ3) is 1.87. The average molecular weight is 233 g/mol. The number of nitrogen functional groups attached to an aromatic ring is 1. The molecule has 0 aromatic carbocycles. The zero-order chi connectivity index (χ0) is 12.5. The van der Waals surface area contributed by atoms with Crippen molar-refractivity contribution in [2.75, 3.05) is 5.73 Å². The predicted octanol–water partition coefficient (Wildman–Crippen LogP) is 1.21. The van der Waals surface area contributed by atoms with Crippen LogP contribution in [0, 0.1) is 10.1 Å². The van der Waals surface area contributed by atoms with Crippen LogP contribution in [-0.2, 0) is 0 Å². The number of aromatic nitrogens is 1. The minimum atomic E-state index is -3.27. The second-order valence-electron chi connectivity index (χ2n) is 2.68. The number of anilines is 1. The van der Waals surface area contributed by atoms with Gasteiger partial charge in [0.05, 0.1) is 11.1 Å². The minimum Gasteiger partial charge on any atom is -0.477 e. The highest BCUT2D eigenvalue weighted by atomic mass is 19.3. The Morgan fingerprint density at radius 2 is 2.19 bits per heavy atom. The molecule has 0 spiro atoms. The lowest BCUT2D eigenvalue weighted by atomic mass is 10.1. The van der Waals surface area contributed by atoms with Crippen molar-refractivity contribution in [3.63, 3.8) is 0 Å². The monoisotopic (exact) mass is 233 g/mol. The molecule has 16 heavy (non-hydrogen) atoms. The second kappa shape index (κ2) is 4.04. The highest BCUT2D eigenvalue weighted by Crippen LogP contribution is 2.34. The molecule has 7 nitrogen and oxygen atoms in total. The van der Waals surface area contributed by atoms with Gasteiger partial charge >= 0.3 is 5.97 Å². The summed E-state index contributed by atoms with van der Waals surface area (Å²) in [6.07, 6.45) is -2.70. The van der Waals surface area contributed by atoms with E-state index < -0.39 is 40.0 Å². The Balaban J connectivity index is 3.63. The lowest BCUT2D eigenvalue weighted by Crippen LogP contribution is -2.10. The van der Waals surface area contributed by atoms with Crippen molar-refractivity contribution in [2.45, 2.75) is 6.43 Å². The van der Waals surface area contributed by atoms with Gasteiger partial charge < -0.3 is 10.8 Å². The number of carboxylic acids is 1. The van der Waals surface area contributed by atoms with Gasteiger partial charge in [0.15, 0.2) is 5.56 Å². The highest BCUT2D eigenvalue weighted by molar-refractivity contribution is 5.93. The first-order chi connectivity index (χ1) is 7.36. The lowest BCUT2D eigenvalue weighted by molar-refractivity contribution is -0.386. The Labute approximate surface area is 86.7 Å². The molecule has 1 aromatic rings. The Bertz CT molecular complexity index is 463. The van der Waals surface area contributed by atoms with E-state index in [9.17, 15) is 23.7 Å². The standard InChI is InChI=1S/C7H5F2N3O4/c8-5(9)3-4(12(15)16)2(7(13)14)1-11-6(3)10/h1,5H,(H2,10,11)(H,13,14). The molecule has 1 heterocycles. The van der Waals surface area contributed by atoms with Gasteiger partial charge in [-0.1, -0.05) is 0 Å². The Kier molecular flexibility index (Phi) is 2.97. The molecule has 0 aliphatic heterocycles. The number of nitrogens with two attached hydrogens (primary N) is 1. The molecule has 0 aliphatic rings. The van der Waals surface area contributed by atoms with Gasteiger partial charge in [-0.25, -0.2) is 18.6 Å². The number of alkyl halides is 2. The topological polar surface area (TPSA) is 119 Å². The number of nitrogens with zero attached hydrogens (tertiary/aromatic N) is 2. The SMILES string of the molecule is Nc1ncc(C(=O)O)c([N+](=O)[O-])c1C(F)F. The molecule has 0 saturated carbocycles. The number of halogens is 2. The molecule has 0 saturated heterocycles. The number of hydrogen-bond donors (Lipinski definition) is 2. The maximum Gasteiger partial charge on any atom is 0.344 e. The Morgan fingerprint density at radius 3 is 2.56 bits per heavy atom. The minimum absolute atomic E-state index is 0.571. The summed E-state index contributed by atoms with van der Waals surface area (Å²) in [4.78, 5) is 23.1. The molecule has 0 amide bonds. The van der Waals surface area contributed by atoms with Crippen molar-refractivity contribution in [2.24, 2.45) is 0 Å². The summed E-state index contributed by atoms with van der Waals surface area (Å²) >= 11 is 0. The summed E-state index contributed by atoms with van der Waals surface area (Å²) in [5.74, 6) is -2.48. The third-order valence-electron chi connectivity index (χ3n) is 1.75. The van der Waals surface area contributed by atoms with Crippen LogP contribution in [0.15, 0.2) is 6.20 Å². The molecular formula is C7H5F2N3O4. The molecule has 0 bridgehead atoms. The normalized spacial score (nSPS) is 10.4. The zero-order valence-corrected chi connectivity index (χ0v) is 7.55. The quantitative estimate of drug-likeness (QED) is 0.598. The second-order valence-corrected chi connectivity index (χ2v) is 2.68. The van der Waals surface area contributed by atoms with E-state index in [-0.39, 0.29) is 0 Å². The summed E-state index contributed by atoms with van der Waals surface area (Å²) in [6.45, 7) is 0. The fourth-order valence-electron chi connectivity index (χ4n) is 1.10. The van der Waals surface area contributed by atoms with E-state index in [1.165, 1.54) is 0 Å². The summed E-state index contributed by atoms with van der Waals surface area (Å²) < 4.78 is 24.9. The average Bonchev–Trinajstić information content (AvgIpc) is 2.15. The molecule has 86 valence electrons. The number of carboxylic acid groups (broad SMARTS) is 1. The van der Waals surface area contributed by atoms with E-state index in [2.05, 4.69) is 4.98 Å². The predicted molar refractivity (Wildman–Crippen MR) is 47.2 cm³/mol. The summed E-state index contributed by atoms with van der Waals surface area (Å²) in [7, 11) is 0. The van der Waals surface area contributed by atoms with Crippen LogP contribution in [0.2, 0.25) is 0 Å². The van der Waals surface area contributed by atoms with Gasteiger partial charge in [-0.05, 0) is 0 Å². The van der Waals surface area contributed by atoms with Crippen molar-refractivity contribution in [1.82, 2.24) is 4.98 Å². The van der Waals surface area contributed by atoms with Crippen molar-refractivity contribution >= 4 is 17.5 Å². The van der Waals surface area contributed by atoms with E-state index in [1.54, 1.807) is 0 Å². The highest BCUT2D eigenvalue weighted by Gasteiger charge is 2.32. The number of aromatic carboxylic acids is 1. The van der Waals surface area contributed by atoms with E-state index in [1.807, 2.05) is 0 Å². The first kappa shape index (κ1) is 11.8. The Morgan fingerprint density at radius 1 is 1.62 bits per heavy atom. The Hall–Kier alpha value is -2.32. The van der Waals surface area contributed by atoms with Crippen LogP contribution in [0.1, 0.15) is 22.3 Å². The number of carbonyl (C=O) groups is 1. The van der Waals surface area contributed by atoms with E-state index in [4.69, 9.17) is 10.8 Å². The van der Waals surface area contributed by atoms with Crippen LogP contribution in [0.5, 0.6) is 0 Å². The van der Waals surface area contributed by atoms with Crippen LogP contribution < -0.4 is 5.73 Å². The number of rotatable bonds is 3. The first-order valence-corrected chi connectivity index (χ1v) is 3.80. The number of nitro groups is 1. The van der Waals surface area contributed by atoms with Crippen LogP contribution in [0.25, 0.3) is 0 Å². The molecule has 0 radical (unpaired) electrons. The van der Waals surface area contributed by atoms with Crippen LogP contribution in [0.4, 0.5) is 20.3 Å². The molecule has 3 N–H and O–H groups in total. The molecular weight excluding hydrogens is 228 g/mol. The molecule has 0 fully saturated rings. The summed E-state index contributed by atoms with van der Waals surface area (Å²) in [5.41, 5.74) is 1.72. The fourth-order valence-corrected chi connectivity index (χ4v) is 1.10. The molecule has 0 atom stereocenters. The van der Waals surface area contributed by atoms with Crippen molar-refractivity contribution < 1.29 is 23.6 Å². The van der Waals surface area contributed by atoms with Crippen molar-refractivity contribution in [3.05, 3.63) is 27.4 Å². The van der Waals surface area contributed by atoms with Crippen molar-refractivity contribution in [1.29, 1.82) is 0 Å². The van der Waals surface area contributed by atoms with E-state index >= 15 is 0 Å². The van der Waals surface area contributed by atoms with Crippen molar-refractivity contribution in [3.8, 4) is 0 Å². The number of hydrogen-bond acceptors (Lipinski definition) is 5. The largest absolute Gasteiger partial charge is 0.477 e. The van der Waals surface area contributed by atoms with E-state index in [0.717, 1.165) is 0 Å². The van der Waals surface area contributed by atoms with E-state index in [0.29, 0.717) is 6.20 Å². The van der Waals surface area contributed by atoms with Gasteiger partial charge in [-0.2, -0.15) is 0 Å². The fraction of sp³-hybridized carbons (Fsp3) is 0.143. The first-order valence-electron chi connectivity index (χ1n) is 3.80. The van der Waals surface area contributed by atoms with Gasteiger partial charge in [-0.3, -0.25) is 10.1 Å². The molecule has 9 heteroatoms. The summed E-state index contributed by atoms with van der Waals surface area (Å²) in [6, 6.07) is 0. The van der Waals surface area contributed by atoms with Crippen LogP contribution in [0.3, 0.4) is 0 Å². The van der Waals surface area contributed by atoms with Gasteiger partial charge in [0, 0.05) is 0 Å². The molecule has 0 aliphatic carbocycles. The van der Waals surface area contributed by atoms with Gasteiger partial charge in [-0.15, -0.1) is 0 Å². The van der Waals surface area contributed by atoms with Crippen LogP contribution >= 0.6 is 0 Å². The van der Waals surface area contributed by atoms with Gasteiger partial charge in [0.1, 0.15) is 11.4 Å². The molecule has 1 rings (SSSR count). The molecule has 1 aromatic heterocycles. The van der Waals surface area contributed by atoms with Crippen LogP contribution in [-0.4, -0.2) is 21.0 Å². The van der Waals surface area contributed by atoms with Gasteiger partial charge in [0.25, 0.3) is 12.1 Å². The number of pyridine rings is 1.